The second-order valence-corrected chi connectivity index (χ2v) is 4.69. The predicted molar refractivity (Wildman–Crippen MR) is 55.0 cm³/mol. The molecule has 1 amide bonds. The molecule has 0 heterocycles. The van der Waals surface area contributed by atoms with Gasteiger partial charge in [0.1, 0.15) is 0 Å². The molecule has 0 saturated carbocycles. The Morgan fingerprint density at radius 3 is 2.07 bits per heavy atom. The minimum Gasteiger partial charge on any atom is -0.394 e. The lowest BCUT2D eigenvalue weighted by Crippen LogP contribution is -2.58. The molecule has 84 valence electrons. The molecule has 0 spiro atoms. The van der Waals surface area contributed by atoms with Crippen molar-refractivity contribution < 1.29 is 14.6 Å². The summed E-state index contributed by atoms with van der Waals surface area (Å²) < 4.78 is 5.05. The lowest BCUT2D eigenvalue weighted by molar-refractivity contribution is -0.135. The standard InChI is InChI=1S/C10H21NO3/c1-9(2,6-12)11(8-13)10(3,4)7-14-5/h8,12H,6-7H2,1-5H3. The number of amides is 1. The van der Waals surface area contributed by atoms with E-state index in [2.05, 4.69) is 0 Å². The van der Waals surface area contributed by atoms with Crippen molar-refractivity contribution in [3.05, 3.63) is 0 Å². The number of carbonyl (C=O) groups is 1. The highest BCUT2D eigenvalue weighted by Gasteiger charge is 2.36. The Morgan fingerprint density at radius 2 is 1.79 bits per heavy atom. The molecular weight excluding hydrogens is 182 g/mol. The van der Waals surface area contributed by atoms with Crippen LogP contribution in [0.1, 0.15) is 27.7 Å². The van der Waals surface area contributed by atoms with Crippen LogP contribution < -0.4 is 0 Å². The van der Waals surface area contributed by atoms with Crippen LogP contribution in [-0.4, -0.2) is 47.8 Å². The maximum Gasteiger partial charge on any atom is 0.210 e. The molecule has 4 heteroatoms. The highest BCUT2D eigenvalue weighted by molar-refractivity contribution is 5.50. The second-order valence-electron chi connectivity index (χ2n) is 4.69. The molecule has 0 fully saturated rings. The number of aliphatic hydroxyl groups excluding tert-OH is 1. The Hall–Kier alpha value is -0.610. The van der Waals surface area contributed by atoms with E-state index in [1.54, 1.807) is 12.0 Å². The second kappa shape index (κ2) is 4.75. The quantitative estimate of drug-likeness (QED) is 0.644. The monoisotopic (exact) mass is 203 g/mol. The van der Waals surface area contributed by atoms with Gasteiger partial charge in [0.25, 0.3) is 0 Å². The van der Waals surface area contributed by atoms with Crippen molar-refractivity contribution >= 4 is 6.41 Å². The first-order chi connectivity index (χ1) is 6.31. The number of hydrogen-bond acceptors (Lipinski definition) is 3. The number of carbonyl (C=O) groups excluding carboxylic acids is 1. The van der Waals surface area contributed by atoms with Crippen LogP contribution in [0.5, 0.6) is 0 Å². The zero-order valence-corrected chi connectivity index (χ0v) is 9.70. The smallest absolute Gasteiger partial charge is 0.210 e. The van der Waals surface area contributed by atoms with Crippen molar-refractivity contribution in [1.29, 1.82) is 0 Å². The summed E-state index contributed by atoms with van der Waals surface area (Å²) in [5.41, 5.74) is -0.980. The molecule has 1 N–H and O–H groups in total. The van der Waals surface area contributed by atoms with Gasteiger partial charge in [-0.1, -0.05) is 0 Å². The number of nitrogens with zero attached hydrogens (tertiary/aromatic N) is 1. The van der Waals surface area contributed by atoms with Gasteiger partial charge in [0.2, 0.25) is 6.41 Å². The molecule has 0 atom stereocenters. The van der Waals surface area contributed by atoms with E-state index in [0.717, 1.165) is 6.41 Å². The summed E-state index contributed by atoms with van der Waals surface area (Å²) in [6.07, 6.45) is 0.759. The normalized spacial score (nSPS) is 12.7. The molecule has 0 aromatic carbocycles. The van der Waals surface area contributed by atoms with E-state index in [9.17, 15) is 9.90 Å². The maximum atomic E-state index is 11.0. The number of rotatable bonds is 6. The SMILES string of the molecule is COCC(C)(C)N(C=O)C(C)(C)CO. The zero-order chi connectivity index (χ0) is 11.4. The van der Waals surface area contributed by atoms with E-state index < -0.39 is 11.1 Å². The molecule has 0 aromatic rings. The fourth-order valence-corrected chi connectivity index (χ4v) is 1.60. The van der Waals surface area contributed by atoms with Gasteiger partial charge in [-0.3, -0.25) is 4.79 Å². The third-order valence-electron chi connectivity index (χ3n) is 2.29. The van der Waals surface area contributed by atoms with Crippen molar-refractivity contribution in [1.82, 2.24) is 4.90 Å². The molecule has 4 nitrogen and oxygen atoms in total. The molecule has 0 saturated heterocycles. The lowest BCUT2D eigenvalue weighted by Gasteiger charge is -2.45. The average molecular weight is 203 g/mol. The molecule has 0 rings (SSSR count). The highest BCUT2D eigenvalue weighted by atomic mass is 16.5. The maximum absolute atomic E-state index is 11.0. The van der Waals surface area contributed by atoms with Crippen LogP contribution in [0, 0.1) is 0 Å². The van der Waals surface area contributed by atoms with Gasteiger partial charge in [-0.15, -0.1) is 0 Å². The van der Waals surface area contributed by atoms with E-state index in [-0.39, 0.29) is 6.61 Å². The van der Waals surface area contributed by atoms with Gasteiger partial charge in [0.05, 0.1) is 24.3 Å². The summed E-state index contributed by atoms with van der Waals surface area (Å²) in [7, 11) is 1.59. The molecule has 14 heavy (non-hydrogen) atoms. The molecule has 0 aromatic heterocycles. The molecule has 0 aliphatic heterocycles. The summed E-state index contributed by atoms with van der Waals surface area (Å²) >= 11 is 0. The van der Waals surface area contributed by atoms with Crippen molar-refractivity contribution in [2.45, 2.75) is 38.8 Å². The van der Waals surface area contributed by atoms with E-state index in [0.29, 0.717) is 6.61 Å². The summed E-state index contributed by atoms with van der Waals surface area (Å²) in [6, 6.07) is 0. The summed E-state index contributed by atoms with van der Waals surface area (Å²) in [5.74, 6) is 0. The van der Waals surface area contributed by atoms with Gasteiger partial charge in [-0.2, -0.15) is 0 Å². The van der Waals surface area contributed by atoms with E-state index in [4.69, 9.17) is 4.74 Å². The molecule has 0 bridgehead atoms. The van der Waals surface area contributed by atoms with Crippen molar-refractivity contribution in [2.75, 3.05) is 20.3 Å². The number of ether oxygens (including phenoxy) is 1. The van der Waals surface area contributed by atoms with Gasteiger partial charge in [-0.25, -0.2) is 0 Å². The molecule has 0 aliphatic carbocycles. The van der Waals surface area contributed by atoms with Crippen LogP contribution in [0.25, 0.3) is 0 Å². The largest absolute Gasteiger partial charge is 0.394 e. The van der Waals surface area contributed by atoms with Gasteiger partial charge >= 0.3 is 0 Å². The fourth-order valence-electron chi connectivity index (χ4n) is 1.60. The van der Waals surface area contributed by atoms with Crippen LogP contribution >= 0.6 is 0 Å². The summed E-state index contributed by atoms with van der Waals surface area (Å²) in [6.45, 7) is 7.82. The van der Waals surface area contributed by atoms with Gasteiger partial charge in [-0.05, 0) is 27.7 Å². The Labute approximate surface area is 85.9 Å². The highest BCUT2D eigenvalue weighted by Crippen LogP contribution is 2.23. The van der Waals surface area contributed by atoms with Gasteiger partial charge in [0.15, 0.2) is 0 Å². The predicted octanol–water partition coefficient (Wildman–Crippen LogP) is 0.641. The Morgan fingerprint density at radius 1 is 1.29 bits per heavy atom. The van der Waals surface area contributed by atoms with Crippen LogP contribution in [0.2, 0.25) is 0 Å². The Bertz CT molecular complexity index is 190. The summed E-state index contributed by atoms with van der Waals surface area (Å²) in [5, 5.41) is 9.19. The van der Waals surface area contributed by atoms with Crippen molar-refractivity contribution in [3.63, 3.8) is 0 Å². The number of hydrogen-bond donors (Lipinski definition) is 1. The van der Waals surface area contributed by atoms with Crippen LogP contribution in [0.4, 0.5) is 0 Å². The third kappa shape index (κ3) is 2.96. The van der Waals surface area contributed by atoms with E-state index >= 15 is 0 Å². The first-order valence-electron chi connectivity index (χ1n) is 4.66. The average Bonchev–Trinajstić information content (AvgIpc) is 2.04. The van der Waals surface area contributed by atoms with Gasteiger partial charge < -0.3 is 14.7 Å². The lowest BCUT2D eigenvalue weighted by atomic mass is 9.95. The van der Waals surface area contributed by atoms with E-state index in [1.807, 2.05) is 27.7 Å². The van der Waals surface area contributed by atoms with Crippen LogP contribution in [-0.2, 0) is 9.53 Å². The Balaban J connectivity index is 4.79. The number of methoxy groups -OCH3 is 1. The molecule has 0 radical (unpaired) electrons. The zero-order valence-electron chi connectivity index (χ0n) is 9.70. The molecule has 0 aliphatic rings. The first kappa shape index (κ1) is 13.4. The summed E-state index contributed by atoms with van der Waals surface area (Å²) in [4.78, 5) is 12.6. The third-order valence-corrected chi connectivity index (χ3v) is 2.29. The topological polar surface area (TPSA) is 49.8 Å². The molecule has 0 unspecified atom stereocenters. The van der Waals surface area contributed by atoms with Gasteiger partial charge in [0, 0.05) is 7.11 Å². The Kier molecular flexibility index (Phi) is 4.55. The first-order valence-corrected chi connectivity index (χ1v) is 4.66. The van der Waals surface area contributed by atoms with E-state index in [1.165, 1.54) is 0 Å². The molecular formula is C10H21NO3. The van der Waals surface area contributed by atoms with Crippen LogP contribution in [0.15, 0.2) is 0 Å². The minimum absolute atomic E-state index is 0.0706. The van der Waals surface area contributed by atoms with Crippen molar-refractivity contribution in [3.8, 4) is 0 Å². The van der Waals surface area contributed by atoms with Crippen molar-refractivity contribution in [2.24, 2.45) is 0 Å². The number of aliphatic hydroxyl groups is 1. The fraction of sp³-hybridized carbons (Fsp3) is 0.900. The van der Waals surface area contributed by atoms with Crippen LogP contribution in [0.3, 0.4) is 0 Å². The minimum atomic E-state index is -0.566.